The molecule has 1 aromatic rings. The molecule has 0 unspecified atom stereocenters. The Hall–Kier alpha value is -0.470. The number of rotatable bonds is 5. The third-order valence-electron chi connectivity index (χ3n) is 2.77. The second-order valence-electron chi connectivity index (χ2n) is 4.92. The van der Waals surface area contributed by atoms with Crippen LogP contribution in [0.15, 0.2) is 23.1 Å². The van der Waals surface area contributed by atoms with Crippen molar-refractivity contribution in [2.45, 2.75) is 56.3 Å². The van der Waals surface area contributed by atoms with E-state index in [0.29, 0.717) is 5.25 Å². The summed E-state index contributed by atoms with van der Waals surface area (Å²) in [7, 11) is 0. The summed E-state index contributed by atoms with van der Waals surface area (Å²) in [5, 5.41) is 4.21. The second-order valence-corrected chi connectivity index (χ2v) is 6.54. The number of aryl methyl sites for hydroxylation is 1. The molecule has 0 heterocycles. The molecule has 1 aliphatic rings. The van der Waals surface area contributed by atoms with Gasteiger partial charge in [0.25, 0.3) is 0 Å². The fraction of sp³-hybridized carbons (Fsp3) is 0.571. The van der Waals surface area contributed by atoms with Crippen LogP contribution in [0.25, 0.3) is 0 Å². The molecule has 1 aromatic carbocycles. The Morgan fingerprint density at radius 1 is 1.38 bits per heavy atom. The van der Waals surface area contributed by atoms with Crippen molar-refractivity contribution in [1.29, 1.82) is 0 Å². The maximum atomic E-state index is 3.55. The highest BCUT2D eigenvalue weighted by Gasteiger charge is 2.19. The van der Waals surface area contributed by atoms with Crippen molar-refractivity contribution >= 4 is 11.8 Å². The fourth-order valence-electron chi connectivity index (χ4n) is 1.76. The van der Waals surface area contributed by atoms with E-state index >= 15 is 0 Å². The van der Waals surface area contributed by atoms with Gasteiger partial charge < -0.3 is 5.32 Å². The lowest BCUT2D eigenvalue weighted by molar-refractivity contribution is 0.687. The van der Waals surface area contributed by atoms with E-state index in [1.807, 2.05) is 11.8 Å². The van der Waals surface area contributed by atoms with Gasteiger partial charge >= 0.3 is 0 Å². The predicted octanol–water partition coefficient (Wildman–Crippen LogP) is 3.75. The topological polar surface area (TPSA) is 12.0 Å². The highest BCUT2D eigenvalue weighted by atomic mass is 32.2. The Morgan fingerprint density at radius 2 is 2.12 bits per heavy atom. The molecular formula is C14H21NS. The third-order valence-corrected chi connectivity index (χ3v) is 3.96. The normalized spacial score (nSPS) is 15.8. The Morgan fingerprint density at radius 3 is 2.69 bits per heavy atom. The van der Waals surface area contributed by atoms with Gasteiger partial charge in [0.2, 0.25) is 0 Å². The van der Waals surface area contributed by atoms with Crippen LogP contribution in [-0.2, 0) is 6.54 Å². The molecule has 0 aliphatic heterocycles. The maximum absolute atomic E-state index is 3.55. The molecule has 0 atom stereocenters. The summed E-state index contributed by atoms with van der Waals surface area (Å²) in [5.41, 5.74) is 2.83. The second kappa shape index (κ2) is 5.24. The van der Waals surface area contributed by atoms with Crippen LogP contribution in [0.2, 0.25) is 0 Å². The molecule has 0 amide bonds. The lowest BCUT2D eigenvalue weighted by atomic mass is 10.1. The molecule has 0 bridgehead atoms. The van der Waals surface area contributed by atoms with Gasteiger partial charge in [-0.25, -0.2) is 0 Å². The van der Waals surface area contributed by atoms with Gasteiger partial charge in [0.15, 0.2) is 0 Å². The Labute approximate surface area is 103 Å². The first-order valence-corrected chi connectivity index (χ1v) is 7.02. The summed E-state index contributed by atoms with van der Waals surface area (Å²) in [6.07, 6.45) is 2.72. The van der Waals surface area contributed by atoms with Gasteiger partial charge in [0, 0.05) is 22.7 Å². The smallest absolute Gasteiger partial charge is 0.0208 e. The van der Waals surface area contributed by atoms with E-state index in [4.69, 9.17) is 0 Å². The summed E-state index contributed by atoms with van der Waals surface area (Å²) in [4.78, 5) is 1.42. The summed E-state index contributed by atoms with van der Waals surface area (Å²) < 4.78 is 0. The van der Waals surface area contributed by atoms with Gasteiger partial charge in [0.05, 0.1) is 0 Å². The van der Waals surface area contributed by atoms with Crippen molar-refractivity contribution in [1.82, 2.24) is 5.32 Å². The van der Waals surface area contributed by atoms with Crippen LogP contribution in [0.4, 0.5) is 0 Å². The quantitative estimate of drug-likeness (QED) is 0.780. The highest BCUT2D eigenvalue weighted by Crippen LogP contribution is 2.27. The van der Waals surface area contributed by atoms with Gasteiger partial charge in [-0.1, -0.05) is 26.0 Å². The molecule has 0 radical (unpaired) electrons. The van der Waals surface area contributed by atoms with Crippen LogP contribution in [-0.4, -0.2) is 11.3 Å². The largest absolute Gasteiger partial charge is 0.310 e. The Balaban J connectivity index is 1.97. The van der Waals surface area contributed by atoms with Gasteiger partial charge in [-0.3, -0.25) is 0 Å². The monoisotopic (exact) mass is 235 g/mol. The highest BCUT2D eigenvalue weighted by molar-refractivity contribution is 8.00. The minimum Gasteiger partial charge on any atom is -0.310 e. The SMILES string of the molecule is Cc1cc(CNC2CC2)ccc1SC(C)C. The number of benzene rings is 1. The standard InChI is InChI=1S/C14H21NS/c1-10(2)16-14-7-4-12(8-11(14)3)9-15-13-5-6-13/h4,7-8,10,13,15H,5-6,9H2,1-3H3. The van der Waals surface area contributed by atoms with Crippen LogP contribution in [0.1, 0.15) is 37.8 Å². The molecule has 16 heavy (non-hydrogen) atoms. The summed E-state index contributed by atoms with van der Waals surface area (Å²) >= 11 is 1.95. The van der Waals surface area contributed by atoms with Crippen LogP contribution < -0.4 is 5.32 Å². The van der Waals surface area contributed by atoms with Crippen LogP contribution in [0.3, 0.4) is 0 Å². The fourth-order valence-corrected chi connectivity index (χ4v) is 2.66. The Bertz CT molecular complexity index is 356. The van der Waals surface area contributed by atoms with E-state index in [-0.39, 0.29) is 0 Å². The van der Waals surface area contributed by atoms with Gasteiger partial charge in [-0.2, -0.15) is 0 Å². The van der Waals surface area contributed by atoms with E-state index < -0.39 is 0 Å². The van der Waals surface area contributed by atoms with Gasteiger partial charge in [-0.15, -0.1) is 11.8 Å². The van der Waals surface area contributed by atoms with Crippen molar-refractivity contribution in [2.24, 2.45) is 0 Å². The molecule has 1 fully saturated rings. The molecule has 1 aliphatic carbocycles. The number of hydrogen-bond acceptors (Lipinski definition) is 2. The van der Waals surface area contributed by atoms with E-state index in [9.17, 15) is 0 Å². The van der Waals surface area contributed by atoms with Crippen molar-refractivity contribution in [3.63, 3.8) is 0 Å². The van der Waals surface area contributed by atoms with Crippen molar-refractivity contribution in [3.8, 4) is 0 Å². The first kappa shape index (κ1) is 12.0. The maximum Gasteiger partial charge on any atom is 0.0208 e. The first-order chi connectivity index (χ1) is 7.65. The lowest BCUT2D eigenvalue weighted by Crippen LogP contribution is -2.15. The average molecular weight is 235 g/mol. The van der Waals surface area contributed by atoms with Crippen LogP contribution in [0, 0.1) is 6.92 Å². The molecule has 0 aromatic heterocycles. The zero-order valence-corrected chi connectivity index (χ0v) is 11.2. The zero-order valence-electron chi connectivity index (χ0n) is 10.4. The van der Waals surface area contributed by atoms with Gasteiger partial charge in [-0.05, 0) is 37.0 Å². The summed E-state index contributed by atoms with van der Waals surface area (Å²) in [6.45, 7) is 7.73. The molecular weight excluding hydrogens is 214 g/mol. The molecule has 88 valence electrons. The van der Waals surface area contributed by atoms with Crippen molar-refractivity contribution < 1.29 is 0 Å². The molecule has 2 rings (SSSR count). The summed E-state index contributed by atoms with van der Waals surface area (Å²) in [5.74, 6) is 0. The molecule has 2 heteroatoms. The van der Waals surface area contributed by atoms with Crippen LogP contribution >= 0.6 is 11.8 Å². The van der Waals surface area contributed by atoms with Crippen molar-refractivity contribution in [3.05, 3.63) is 29.3 Å². The molecule has 1 nitrogen and oxygen atoms in total. The summed E-state index contributed by atoms with van der Waals surface area (Å²) in [6, 6.07) is 7.64. The van der Waals surface area contributed by atoms with E-state index in [1.54, 1.807) is 0 Å². The minimum atomic E-state index is 0.661. The Kier molecular flexibility index (Phi) is 3.93. The molecule has 0 spiro atoms. The zero-order chi connectivity index (χ0) is 11.5. The van der Waals surface area contributed by atoms with E-state index in [2.05, 4.69) is 44.3 Å². The van der Waals surface area contributed by atoms with Crippen LogP contribution in [0.5, 0.6) is 0 Å². The lowest BCUT2D eigenvalue weighted by Gasteiger charge is -2.10. The van der Waals surface area contributed by atoms with Gasteiger partial charge in [0.1, 0.15) is 0 Å². The number of nitrogens with one attached hydrogen (secondary N) is 1. The molecule has 0 saturated heterocycles. The van der Waals surface area contributed by atoms with E-state index in [1.165, 1.54) is 28.9 Å². The third kappa shape index (κ3) is 3.53. The predicted molar refractivity (Wildman–Crippen MR) is 72.0 cm³/mol. The molecule has 1 N–H and O–H groups in total. The minimum absolute atomic E-state index is 0.661. The number of thioether (sulfide) groups is 1. The number of hydrogen-bond donors (Lipinski definition) is 1. The molecule has 1 saturated carbocycles. The van der Waals surface area contributed by atoms with E-state index in [0.717, 1.165) is 12.6 Å². The average Bonchev–Trinajstić information content (AvgIpc) is 3.02. The first-order valence-electron chi connectivity index (χ1n) is 6.14. The van der Waals surface area contributed by atoms with Crippen molar-refractivity contribution in [2.75, 3.05) is 0 Å².